The van der Waals surface area contributed by atoms with Crippen molar-refractivity contribution in [2.75, 3.05) is 0 Å². The Hall–Kier alpha value is -2.36. The average Bonchev–Trinajstić information content (AvgIpc) is 2.45. The Morgan fingerprint density at radius 2 is 1.62 bits per heavy atom. The van der Waals surface area contributed by atoms with Crippen LogP contribution in [0.4, 0.5) is 13.2 Å². The third-order valence-corrected chi connectivity index (χ3v) is 3.08. The Morgan fingerprint density at radius 3 is 2.19 bits per heavy atom. The zero-order valence-corrected chi connectivity index (χ0v) is 11.3. The fourth-order valence-electron chi connectivity index (χ4n) is 1.89. The van der Waals surface area contributed by atoms with Gasteiger partial charge < -0.3 is 0 Å². The van der Waals surface area contributed by atoms with E-state index in [2.05, 4.69) is 0 Å². The van der Waals surface area contributed by atoms with Crippen LogP contribution >= 0.6 is 0 Å². The number of carbonyl (C=O) groups is 1. The van der Waals surface area contributed by atoms with Gasteiger partial charge in [-0.25, -0.2) is 0 Å². The van der Waals surface area contributed by atoms with Crippen LogP contribution in [0.2, 0.25) is 0 Å². The van der Waals surface area contributed by atoms with Gasteiger partial charge in [0, 0.05) is 5.56 Å². The molecule has 0 heterocycles. The number of carbonyl (C=O) groups excluding carboxylic acids is 1. The average molecular weight is 290 g/mol. The predicted molar refractivity (Wildman–Crippen MR) is 76.0 cm³/mol. The first-order valence-electron chi connectivity index (χ1n) is 6.33. The highest BCUT2D eigenvalue weighted by Gasteiger charge is 2.29. The standard InChI is InChI=1S/C17H13F3O/c1-12-4-2-3-5-15(12)16(21)11-8-13-6-9-14(10-7-13)17(18,19)20/h2-11H,1H3/b11-8+. The van der Waals surface area contributed by atoms with E-state index < -0.39 is 11.7 Å². The highest BCUT2D eigenvalue weighted by atomic mass is 19.4. The monoisotopic (exact) mass is 290 g/mol. The van der Waals surface area contributed by atoms with E-state index in [0.717, 1.165) is 17.7 Å². The zero-order valence-electron chi connectivity index (χ0n) is 11.3. The molecule has 2 aromatic carbocycles. The summed E-state index contributed by atoms with van der Waals surface area (Å²) < 4.78 is 37.3. The van der Waals surface area contributed by atoms with E-state index in [0.29, 0.717) is 11.1 Å². The summed E-state index contributed by atoms with van der Waals surface area (Å²) in [6.45, 7) is 1.83. The molecule has 108 valence electrons. The Balaban J connectivity index is 2.15. The number of hydrogen-bond acceptors (Lipinski definition) is 1. The molecule has 0 fully saturated rings. The smallest absolute Gasteiger partial charge is 0.289 e. The van der Waals surface area contributed by atoms with Crippen molar-refractivity contribution in [3.05, 3.63) is 76.9 Å². The van der Waals surface area contributed by atoms with Crippen LogP contribution in [-0.4, -0.2) is 5.78 Å². The van der Waals surface area contributed by atoms with E-state index in [-0.39, 0.29) is 5.78 Å². The Bertz CT molecular complexity index is 667. The number of allylic oxidation sites excluding steroid dienone is 1. The molecule has 2 rings (SSSR count). The number of aryl methyl sites for hydroxylation is 1. The molecule has 0 bridgehead atoms. The van der Waals surface area contributed by atoms with Crippen molar-refractivity contribution in [2.45, 2.75) is 13.1 Å². The summed E-state index contributed by atoms with van der Waals surface area (Å²) in [5.74, 6) is -0.173. The minimum Gasteiger partial charge on any atom is -0.289 e. The molecular formula is C17H13F3O. The van der Waals surface area contributed by atoms with Crippen molar-refractivity contribution in [1.29, 1.82) is 0 Å². The van der Waals surface area contributed by atoms with E-state index in [1.165, 1.54) is 24.3 Å². The number of alkyl halides is 3. The van der Waals surface area contributed by atoms with E-state index in [9.17, 15) is 18.0 Å². The summed E-state index contributed by atoms with van der Waals surface area (Å²) in [6, 6.07) is 11.8. The second-order valence-corrected chi connectivity index (χ2v) is 4.63. The molecule has 0 aliphatic carbocycles. The van der Waals surface area contributed by atoms with E-state index in [1.54, 1.807) is 12.1 Å². The van der Waals surface area contributed by atoms with Crippen LogP contribution in [0.1, 0.15) is 27.0 Å². The Morgan fingerprint density at radius 1 is 1.00 bits per heavy atom. The van der Waals surface area contributed by atoms with Gasteiger partial charge in [0.2, 0.25) is 0 Å². The number of halogens is 3. The number of hydrogen-bond donors (Lipinski definition) is 0. The van der Waals surface area contributed by atoms with Gasteiger partial charge in [0.25, 0.3) is 0 Å². The number of rotatable bonds is 3. The zero-order chi connectivity index (χ0) is 15.5. The van der Waals surface area contributed by atoms with Gasteiger partial charge in [0.15, 0.2) is 5.78 Å². The first kappa shape index (κ1) is 15.0. The molecule has 0 saturated heterocycles. The first-order chi connectivity index (χ1) is 9.88. The van der Waals surface area contributed by atoms with Gasteiger partial charge in [-0.2, -0.15) is 13.2 Å². The lowest BCUT2D eigenvalue weighted by atomic mass is 10.0. The van der Waals surface area contributed by atoms with E-state index >= 15 is 0 Å². The van der Waals surface area contributed by atoms with Crippen LogP contribution in [0.3, 0.4) is 0 Å². The Labute approximate surface area is 120 Å². The van der Waals surface area contributed by atoms with Crippen LogP contribution < -0.4 is 0 Å². The molecule has 0 radical (unpaired) electrons. The maximum absolute atomic E-state index is 12.4. The molecule has 0 unspecified atom stereocenters. The molecule has 0 aromatic heterocycles. The summed E-state index contributed by atoms with van der Waals surface area (Å²) in [5.41, 5.74) is 1.29. The second kappa shape index (κ2) is 5.95. The fourth-order valence-corrected chi connectivity index (χ4v) is 1.89. The molecule has 1 nitrogen and oxygen atoms in total. The summed E-state index contributed by atoms with van der Waals surface area (Å²) in [4.78, 5) is 12.0. The topological polar surface area (TPSA) is 17.1 Å². The van der Waals surface area contributed by atoms with Crippen LogP contribution in [0, 0.1) is 6.92 Å². The third-order valence-electron chi connectivity index (χ3n) is 3.08. The first-order valence-corrected chi connectivity index (χ1v) is 6.33. The summed E-state index contributed by atoms with van der Waals surface area (Å²) >= 11 is 0. The summed E-state index contributed by atoms with van der Waals surface area (Å²) in [5, 5.41) is 0. The maximum Gasteiger partial charge on any atom is 0.416 e. The van der Waals surface area contributed by atoms with Gasteiger partial charge >= 0.3 is 6.18 Å². The number of benzene rings is 2. The molecular weight excluding hydrogens is 277 g/mol. The fraction of sp³-hybridized carbons (Fsp3) is 0.118. The quantitative estimate of drug-likeness (QED) is 0.580. The van der Waals surface area contributed by atoms with Crippen LogP contribution in [0.25, 0.3) is 6.08 Å². The van der Waals surface area contributed by atoms with Gasteiger partial charge in [-0.1, -0.05) is 42.5 Å². The van der Waals surface area contributed by atoms with Gasteiger partial charge in [-0.05, 0) is 36.3 Å². The molecule has 4 heteroatoms. The lowest BCUT2D eigenvalue weighted by Crippen LogP contribution is -2.04. The van der Waals surface area contributed by atoms with Crippen LogP contribution in [0.15, 0.2) is 54.6 Å². The number of ketones is 1. The lowest BCUT2D eigenvalue weighted by molar-refractivity contribution is -0.137. The van der Waals surface area contributed by atoms with Gasteiger partial charge in [0.05, 0.1) is 5.56 Å². The van der Waals surface area contributed by atoms with Crippen molar-refractivity contribution in [3.63, 3.8) is 0 Å². The molecule has 0 saturated carbocycles. The van der Waals surface area contributed by atoms with Crippen molar-refractivity contribution in [2.24, 2.45) is 0 Å². The normalized spacial score (nSPS) is 11.8. The maximum atomic E-state index is 12.4. The predicted octanol–water partition coefficient (Wildman–Crippen LogP) is 4.91. The van der Waals surface area contributed by atoms with E-state index in [4.69, 9.17) is 0 Å². The molecule has 0 amide bonds. The van der Waals surface area contributed by atoms with Crippen molar-refractivity contribution < 1.29 is 18.0 Å². The summed E-state index contributed by atoms with van der Waals surface area (Å²) in [6.07, 6.45) is -1.47. The largest absolute Gasteiger partial charge is 0.416 e. The molecule has 21 heavy (non-hydrogen) atoms. The molecule has 0 spiro atoms. The lowest BCUT2D eigenvalue weighted by Gasteiger charge is -2.06. The third kappa shape index (κ3) is 3.81. The van der Waals surface area contributed by atoms with Crippen molar-refractivity contribution in [3.8, 4) is 0 Å². The molecule has 0 aliphatic heterocycles. The second-order valence-electron chi connectivity index (χ2n) is 4.63. The van der Waals surface area contributed by atoms with Crippen molar-refractivity contribution in [1.82, 2.24) is 0 Å². The minimum atomic E-state index is -4.35. The SMILES string of the molecule is Cc1ccccc1C(=O)/C=C/c1ccc(C(F)(F)F)cc1. The molecule has 0 aliphatic rings. The Kier molecular flexibility index (Phi) is 4.26. The van der Waals surface area contributed by atoms with Crippen LogP contribution in [0.5, 0.6) is 0 Å². The van der Waals surface area contributed by atoms with Gasteiger partial charge in [-0.3, -0.25) is 4.79 Å². The van der Waals surface area contributed by atoms with Gasteiger partial charge in [-0.15, -0.1) is 0 Å². The summed E-state index contributed by atoms with van der Waals surface area (Å²) in [7, 11) is 0. The van der Waals surface area contributed by atoms with Crippen LogP contribution in [-0.2, 0) is 6.18 Å². The molecule has 0 atom stereocenters. The van der Waals surface area contributed by atoms with E-state index in [1.807, 2.05) is 19.1 Å². The van der Waals surface area contributed by atoms with Gasteiger partial charge in [0.1, 0.15) is 0 Å². The minimum absolute atomic E-state index is 0.173. The highest BCUT2D eigenvalue weighted by Crippen LogP contribution is 2.29. The highest BCUT2D eigenvalue weighted by molar-refractivity contribution is 6.07. The molecule has 0 N–H and O–H groups in total. The van der Waals surface area contributed by atoms with Crippen molar-refractivity contribution >= 4 is 11.9 Å². The molecule has 2 aromatic rings.